The van der Waals surface area contributed by atoms with Crippen LogP contribution in [0.2, 0.25) is 0 Å². The predicted octanol–water partition coefficient (Wildman–Crippen LogP) is 1.76. The third-order valence-corrected chi connectivity index (χ3v) is 3.87. The fourth-order valence-electron chi connectivity index (χ4n) is 2.43. The maximum Gasteiger partial charge on any atom is 0.311 e. The average molecular weight is 289 g/mol. The van der Waals surface area contributed by atoms with E-state index in [-0.39, 0.29) is 5.91 Å². The number of rotatable bonds is 2. The summed E-state index contributed by atoms with van der Waals surface area (Å²) in [7, 11) is 0. The molecule has 0 spiro atoms. The van der Waals surface area contributed by atoms with Crippen LogP contribution in [0.4, 0.5) is 5.69 Å². The van der Waals surface area contributed by atoms with Crippen LogP contribution in [0.15, 0.2) is 29.6 Å². The van der Waals surface area contributed by atoms with Crippen LogP contribution in [0, 0.1) is 0 Å². The highest BCUT2D eigenvalue weighted by molar-refractivity contribution is 7.03. The van der Waals surface area contributed by atoms with Crippen LogP contribution in [0.25, 0.3) is 0 Å². The molecule has 20 heavy (non-hydrogen) atoms. The number of benzene rings is 1. The number of carboxylic acids is 1. The molecule has 102 valence electrons. The second-order valence-corrected chi connectivity index (χ2v) is 5.10. The van der Waals surface area contributed by atoms with Gasteiger partial charge in [0.15, 0.2) is 5.69 Å². The van der Waals surface area contributed by atoms with Crippen molar-refractivity contribution in [2.75, 3.05) is 11.4 Å². The summed E-state index contributed by atoms with van der Waals surface area (Å²) in [5, 5.41) is 14.6. The second-order valence-electron chi connectivity index (χ2n) is 4.49. The van der Waals surface area contributed by atoms with Gasteiger partial charge in [-0.1, -0.05) is 22.7 Å². The van der Waals surface area contributed by atoms with E-state index in [1.165, 1.54) is 0 Å². The SMILES string of the molecule is O=C(O)C1CCN(C(=O)c2csnn2)c2ccccc21. The lowest BCUT2D eigenvalue weighted by Gasteiger charge is -2.32. The van der Waals surface area contributed by atoms with Crippen molar-refractivity contribution in [2.24, 2.45) is 0 Å². The summed E-state index contributed by atoms with van der Waals surface area (Å²) in [6.07, 6.45) is 0.398. The van der Waals surface area contributed by atoms with Crippen molar-refractivity contribution >= 4 is 29.1 Å². The minimum atomic E-state index is -0.861. The minimum Gasteiger partial charge on any atom is -0.481 e. The standard InChI is InChI=1S/C13H11N3O3S/c17-12(10-7-20-15-14-10)16-6-5-9(13(18)19)8-3-1-2-4-11(8)16/h1-4,7,9H,5-6H2,(H,18,19). The highest BCUT2D eigenvalue weighted by atomic mass is 32.1. The number of carbonyl (C=O) groups is 2. The first kappa shape index (κ1) is 12.7. The van der Waals surface area contributed by atoms with Crippen molar-refractivity contribution in [3.8, 4) is 0 Å². The Labute approximate surface area is 118 Å². The smallest absolute Gasteiger partial charge is 0.311 e. The van der Waals surface area contributed by atoms with Gasteiger partial charge in [-0.15, -0.1) is 5.10 Å². The molecule has 0 fully saturated rings. The lowest BCUT2D eigenvalue weighted by atomic mass is 9.90. The van der Waals surface area contributed by atoms with E-state index in [2.05, 4.69) is 9.59 Å². The molecule has 1 unspecified atom stereocenters. The van der Waals surface area contributed by atoms with E-state index >= 15 is 0 Å². The number of aliphatic carboxylic acids is 1. The number of anilines is 1. The van der Waals surface area contributed by atoms with E-state index in [0.29, 0.717) is 29.9 Å². The highest BCUT2D eigenvalue weighted by Gasteiger charge is 2.33. The molecule has 7 heteroatoms. The van der Waals surface area contributed by atoms with Gasteiger partial charge in [-0.25, -0.2) is 0 Å². The van der Waals surface area contributed by atoms with Crippen LogP contribution in [-0.2, 0) is 4.79 Å². The van der Waals surface area contributed by atoms with Crippen LogP contribution in [0.1, 0.15) is 28.4 Å². The van der Waals surface area contributed by atoms with Gasteiger partial charge in [-0.2, -0.15) is 0 Å². The Bertz CT molecular complexity index is 657. The molecule has 1 N–H and O–H groups in total. The quantitative estimate of drug-likeness (QED) is 0.910. The van der Waals surface area contributed by atoms with Gasteiger partial charge in [0, 0.05) is 17.6 Å². The molecule has 1 amide bonds. The summed E-state index contributed by atoms with van der Waals surface area (Å²) in [5.41, 5.74) is 1.60. The molecule has 1 aromatic carbocycles. The molecule has 1 aliphatic rings. The Kier molecular flexibility index (Phi) is 3.19. The van der Waals surface area contributed by atoms with Crippen molar-refractivity contribution in [3.63, 3.8) is 0 Å². The van der Waals surface area contributed by atoms with Gasteiger partial charge >= 0.3 is 5.97 Å². The Hall–Kier alpha value is -2.28. The molecular formula is C13H11N3O3S. The Morgan fingerprint density at radius 3 is 2.85 bits per heavy atom. The van der Waals surface area contributed by atoms with E-state index in [9.17, 15) is 14.7 Å². The van der Waals surface area contributed by atoms with Crippen molar-refractivity contribution in [1.29, 1.82) is 0 Å². The first-order valence-corrected chi connectivity index (χ1v) is 6.93. The van der Waals surface area contributed by atoms with Crippen LogP contribution < -0.4 is 4.90 Å². The van der Waals surface area contributed by atoms with Gasteiger partial charge < -0.3 is 10.0 Å². The van der Waals surface area contributed by atoms with Gasteiger partial charge in [-0.3, -0.25) is 9.59 Å². The number of fused-ring (bicyclic) bond motifs is 1. The number of para-hydroxylation sites is 1. The molecule has 0 radical (unpaired) electrons. The number of aromatic nitrogens is 2. The van der Waals surface area contributed by atoms with Crippen molar-refractivity contribution < 1.29 is 14.7 Å². The first-order chi connectivity index (χ1) is 9.68. The summed E-state index contributed by atoms with van der Waals surface area (Å²) in [5.74, 6) is -1.67. The zero-order valence-corrected chi connectivity index (χ0v) is 11.2. The summed E-state index contributed by atoms with van der Waals surface area (Å²) in [6, 6.07) is 7.10. The molecule has 0 saturated heterocycles. The van der Waals surface area contributed by atoms with E-state index in [1.54, 1.807) is 34.5 Å². The lowest BCUT2D eigenvalue weighted by molar-refractivity contribution is -0.139. The topological polar surface area (TPSA) is 83.4 Å². The van der Waals surface area contributed by atoms with Gasteiger partial charge in [0.05, 0.1) is 5.92 Å². The number of hydrogen-bond acceptors (Lipinski definition) is 5. The summed E-state index contributed by atoms with van der Waals surface area (Å²) in [4.78, 5) is 25.3. The third kappa shape index (κ3) is 2.05. The largest absolute Gasteiger partial charge is 0.481 e. The van der Waals surface area contributed by atoms with Gasteiger partial charge in [0.2, 0.25) is 0 Å². The zero-order valence-electron chi connectivity index (χ0n) is 10.4. The molecule has 2 aromatic rings. The van der Waals surface area contributed by atoms with Crippen molar-refractivity contribution in [2.45, 2.75) is 12.3 Å². The Morgan fingerprint density at radius 2 is 2.15 bits per heavy atom. The molecule has 1 aliphatic heterocycles. The summed E-state index contributed by atoms with van der Waals surface area (Å²) >= 11 is 1.12. The number of hydrogen-bond donors (Lipinski definition) is 1. The molecule has 0 bridgehead atoms. The molecule has 2 heterocycles. The number of carbonyl (C=O) groups excluding carboxylic acids is 1. The zero-order chi connectivity index (χ0) is 14.1. The number of amides is 1. The van der Waals surface area contributed by atoms with E-state index in [1.807, 2.05) is 0 Å². The van der Waals surface area contributed by atoms with E-state index in [0.717, 1.165) is 11.5 Å². The monoisotopic (exact) mass is 289 g/mol. The Morgan fingerprint density at radius 1 is 1.35 bits per heavy atom. The fourth-order valence-corrected chi connectivity index (χ4v) is 2.86. The van der Waals surface area contributed by atoms with Gasteiger partial charge in [0.1, 0.15) is 0 Å². The Balaban J connectivity index is 2.01. The molecule has 0 saturated carbocycles. The van der Waals surface area contributed by atoms with Gasteiger partial charge in [-0.05, 0) is 29.6 Å². The van der Waals surface area contributed by atoms with Crippen LogP contribution in [0.3, 0.4) is 0 Å². The van der Waals surface area contributed by atoms with Crippen LogP contribution in [-0.4, -0.2) is 33.1 Å². The number of nitrogens with zero attached hydrogens (tertiary/aromatic N) is 3. The summed E-state index contributed by atoms with van der Waals surface area (Å²) < 4.78 is 3.69. The third-order valence-electron chi connectivity index (χ3n) is 3.37. The average Bonchev–Trinajstić information content (AvgIpc) is 2.99. The van der Waals surface area contributed by atoms with Crippen LogP contribution >= 0.6 is 11.5 Å². The fraction of sp³-hybridized carbons (Fsp3) is 0.231. The normalized spacial score (nSPS) is 17.6. The molecule has 1 atom stereocenters. The predicted molar refractivity (Wildman–Crippen MR) is 73.0 cm³/mol. The second kappa shape index (κ2) is 5.01. The maximum absolute atomic E-state index is 12.4. The van der Waals surface area contributed by atoms with Crippen molar-refractivity contribution in [3.05, 3.63) is 40.9 Å². The number of carboxylic acid groups (broad SMARTS) is 1. The first-order valence-electron chi connectivity index (χ1n) is 6.09. The molecule has 0 aliphatic carbocycles. The van der Waals surface area contributed by atoms with E-state index < -0.39 is 11.9 Å². The minimum absolute atomic E-state index is 0.241. The van der Waals surface area contributed by atoms with E-state index in [4.69, 9.17) is 0 Å². The maximum atomic E-state index is 12.4. The van der Waals surface area contributed by atoms with Crippen molar-refractivity contribution in [1.82, 2.24) is 9.59 Å². The summed E-state index contributed by atoms with van der Waals surface area (Å²) in [6.45, 7) is 0.365. The highest BCUT2D eigenvalue weighted by Crippen LogP contribution is 2.35. The molecule has 1 aromatic heterocycles. The molecule has 6 nitrogen and oxygen atoms in total. The molecule has 3 rings (SSSR count). The molecular weight excluding hydrogens is 278 g/mol. The van der Waals surface area contributed by atoms with Crippen LogP contribution in [0.5, 0.6) is 0 Å². The van der Waals surface area contributed by atoms with Gasteiger partial charge in [0.25, 0.3) is 5.91 Å². The lowest BCUT2D eigenvalue weighted by Crippen LogP contribution is -2.38.